The van der Waals surface area contributed by atoms with Gasteiger partial charge in [0.15, 0.2) is 0 Å². The van der Waals surface area contributed by atoms with Crippen molar-refractivity contribution >= 4 is 5.78 Å². The summed E-state index contributed by atoms with van der Waals surface area (Å²) < 4.78 is 0. The summed E-state index contributed by atoms with van der Waals surface area (Å²) in [4.78, 5) is 12.3. The molecule has 1 saturated heterocycles. The molecule has 3 rings (SSSR count). The van der Waals surface area contributed by atoms with E-state index < -0.39 is 0 Å². The van der Waals surface area contributed by atoms with Crippen LogP contribution < -0.4 is 5.32 Å². The van der Waals surface area contributed by atoms with E-state index in [9.17, 15) is 4.79 Å². The number of benzene rings is 1. The van der Waals surface area contributed by atoms with E-state index in [2.05, 4.69) is 29.6 Å². The smallest absolute Gasteiger partial charge is 0.139 e. The van der Waals surface area contributed by atoms with Gasteiger partial charge in [0.2, 0.25) is 0 Å². The Morgan fingerprint density at radius 1 is 1.12 bits per heavy atom. The Morgan fingerprint density at radius 3 is 2.53 bits per heavy atom. The number of hydrogen-bond donors (Lipinski definition) is 1. The normalized spacial score (nSPS) is 28.9. The largest absolute Gasteiger partial charge is 0.317 e. The van der Waals surface area contributed by atoms with Crippen molar-refractivity contribution in [2.75, 3.05) is 13.1 Å². The molecule has 2 nitrogen and oxygen atoms in total. The third-order valence-electron chi connectivity index (χ3n) is 4.13. The Kier molecular flexibility index (Phi) is 2.98. The molecule has 2 aliphatic rings. The van der Waals surface area contributed by atoms with Gasteiger partial charge in [-0.3, -0.25) is 4.79 Å². The van der Waals surface area contributed by atoms with Crippen LogP contribution in [0.2, 0.25) is 0 Å². The molecule has 0 amide bonds. The predicted octanol–water partition coefficient (Wildman–Crippen LogP) is 2.36. The molecular weight excluding hydrogens is 210 g/mol. The summed E-state index contributed by atoms with van der Waals surface area (Å²) in [6, 6.07) is 10.5. The molecule has 90 valence electrons. The van der Waals surface area contributed by atoms with E-state index in [0.717, 1.165) is 32.4 Å². The Morgan fingerprint density at radius 2 is 1.82 bits per heavy atom. The molecule has 2 fully saturated rings. The van der Waals surface area contributed by atoms with Gasteiger partial charge in [0.05, 0.1) is 0 Å². The topological polar surface area (TPSA) is 29.1 Å². The molecule has 2 heteroatoms. The van der Waals surface area contributed by atoms with Crippen molar-refractivity contribution in [2.45, 2.75) is 25.2 Å². The third kappa shape index (κ3) is 2.27. The van der Waals surface area contributed by atoms with Crippen LogP contribution in [0.4, 0.5) is 0 Å². The lowest BCUT2D eigenvalue weighted by Gasteiger charge is -2.21. The van der Waals surface area contributed by atoms with E-state index in [4.69, 9.17) is 0 Å². The molecule has 1 heterocycles. The number of nitrogens with one attached hydrogen (secondary N) is 1. The fourth-order valence-electron chi connectivity index (χ4n) is 2.99. The number of Topliss-reactive ketones (excluding diaryl/α,β-unsaturated/α-hetero) is 1. The van der Waals surface area contributed by atoms with Crippen LogP contribution in [0.3, 0.4) is 0 Å². The van der Waals surface area contributed by atoms with Crippen molar-refractivity contribution in [3.8, 4) is 0 Å². The van der Waals surface area contributed by atoms with Gasteiger partial charge < -0.3 is 5.32 Å². The molecule has 1 aliphatic heterocycles. The first-order valence-corrected chi connectivity index (χ1v) is 6.65. The molecule has 0 spiro atoms. The minimum Gasteiger partial charge on any atom is -0.317 e. The molecule has 17 heavy (non-hydrogen) atoms. The Bertz CT molecular complexity index is 395. The van der Waals surface area contributed by atoms with E-state index >= 15 is 0 Å². The fraction of sp³-hybridized carbons (Fsp3) is 0.533. The fourth-order valence-corrected chi connectivity index (χ4v) is 2.99. The maximum absolute atomic E-state index is 12.3. The molecule has 2 unspecified atom stereocenters. The van der Waals surface area contributed by atoms with E-state index in [1.165, 1.54) is 5.56 Å². The summed E-state index contributed by atoms with van der Waals surface area (Å²) >= 11 is 0. The lowest BCUT2D eigenvalue weighted by molar-refractivity contribution is -0.124. The molecule has 1 aliphatic carbocycles. The number of ketones is 1. The summed E-state index contributed by atoms with van der Waals surface area (Å²) in [7, 11) is 0. The highest BCUT2D eigenvalue weighted by Crippen LogP contribution is 2.49. The van der Waals surface area contributed by atoms with Crippen molar-refractivity contribution in [2.24, 2.45) is 11.8 Å². The van der Waals surface area contributed by atoms with Gasteiger partial charge in [-0.1, -0.05) is 30.3 Å². The molecular formula is C15H19NO. The molecule has 1 aromatic rings. The second-order valence-electron chi connectivity index (χ2n) is 5.29. The zero-order valence-corrected chi connectivity index (χ0v) is 10.1. The average molecular weight is 229 g/mol. The van der Waals surface area contributed by atoms with Gasteiger partial charge in [-0.25, -0.2) is 0 Å². The third-order valence-corrected chi connectivity index (χ3v) is 4.13. The van der Waals surface area contributed by atoms with E-state index in [-0.39, 0.29) is 0 Å². The first-order valence-electron chi connectivity index (χ1n) is 6.65. The molecule has 1 saturated carbocycles. The standard InChI is InChI=1S/C15H19NO/c17-15(12-6-8-16-9-7-12)14-10-13(14)11-4-2-1-3-5-11/h1-5,12-14,16H,6-10H2. The summed E-state index contributed by atoms with van der Waals surface area (Å²) in [5, 5.41) is 3.32. The lowest BCUT2D eigenvalue weighted by atomic mass is 9.90. The highest BCUT2D eigenvalue weighted by molar-refractivity contribution is 5.87. The highest BCUT2D eigenvalue weighted by Gasteiger charge is 2.45. The molecule has 1 N–H and O–H groups in total. The van der Waals surface area contributed by atoms with Crippen molar-refractivity contribution < 1.29 is 4.79 Å². The highest BCUT2D eigenvalue weighted by atomic mass is 16.1. The minimum atomic E-state index is 0.320. The average Bonchev–Trinajstić information content (AvgIpc) is 3.20. The van der Waals surface area contributed by atoms with Crippen LogP contribution in [-0.2, 0) is 4.79 Å². The second-order valence-corrected chi connectivity index (χ2v) is 5.29. The minimum absolute atomic E-state index is 0.320. The van der Waals surface area contributed by atoms with E-state index in [1.54, 1.807) is 0 Å². The SMILES string of the molecule is O=C(C1CCNCC1)C1CC1c1ccccc1. The lowest BCUT2D eigenvalue weighted by Crippen LogP contribution is -2.32. The first-order chi connectivity index (χ1) is 8.36. The van der Waals surface area contributed by atoms with Crippen LogP contribution >= 0.6 is 0 Å². The van der Waals surface area contributed by atoms with Crippen molar-refractivity contribution in [1.82, 2.24) is 5.32 Å². The number of carbonyl (C=O) groups excluding carboxylic acids is 1. The van der Waals surface area contributed by atoms with Gasteiger partial charge in [-0.2, -0.15) is 0 Å². The van der Waals surface area contributed by atoms with Gasteiger partial charge in [0.1, 0.15) is 5.78 Å². The molecule has 2 atom stereocenters. The summed E-state index contributed by atoms with van der Waals surface area (Å²) in [5.74, 6) is 1.69. The maximum Gasteiger partial charge on any atom is 0.139 e. The van der Waals surface area contributed by atoms with E-state index in [1.807, 2.05) is 6.07 Å². The van der Waals surface area contributed by atoms with Gasteiger partial charge >= 0.3 is 0 Å². The van der Waals surface area contributed by atoms with Crippen LogP contribution in [0, 0.1) is 11.8 Å². The Labute approximate surface area is 102 Å². The molecule has 0 aromatic heterocycles. The van der Waals surface area contributed by atoms with Crippen LogP contribution in [0.25, 0.3) is 0 Å². The number of carbonyl (C=O) groups is 1. The Balaban J connectivity index is 1.62. The summed E-state index contributed by atoms with van der Waals surface area (Å²) in [6.45, 7) is 2.03. The van der Waals surface area contributed by atoms with Crippen molar-refractivity contribution in [1.29, 1.82) is 0 Å². The van der Waals surface area contributed by atoms with Gasteiger partial charge in [-0.05, 0) is 43.8 Å². The molecule has 0 radical (unpaired) electrons. The van der Waals surface area contributed by atoms with E-state index in [0.29, 0.717) is 23.5 Å². The maximum atomic E-state index is 12.3. The van der Waals surface area contributed by atoms with Gasteiger partial charge in [-0.15, -0.1) is 0 Å². The van der Waals surface area contributed by atoms with Gasteiger partial charge in [0.25, 0.3) is 0 Å². The van der Waals surface area contributed by atoms with Crippen LogP contribution in [0.5, 0.6) is 0 Å². The van der Waals surface area contributed by atoms with Crippen molar-refractivity contribution in [3.05, 3.63) is 35.9 Å². The molecule has 0 bridgehead atoms. The molecule has 1 aromatic carbocycles. The quantitative estimate of drug-likeness (QED) is 0.862. The first kappa shape index (κ1) is 11.0. The predicted molar refractivity (Wildman–Crippen MR) is 67.9 cm³/mol. The summed E-state index contributed by atoms with van der Waals surface area (Å²) in [6.07, 6.45) is 3.15. The number of piperidine rings is 1. The van der Waals surface area contributed by atoms with Gasteiger partial charge in [0, 0.05) is 11.8 Å². The zero-order valence-electron chi connectivity index (χ0n) is 10.1. The monoisotopic (exact) mass is 229 g/mol. The number of rotatable bonds is 3. The van der Waals surface area contributed by atoms with Crippen LogP contribution in [0.1, 0.15) is 30.7 Å². The van der Waals surface area contributed by atoms with Crippen LogP contribution in [0.15, 0.2) is 30.3 Å². The van der Waals surface area contributed by atoms with Crippen LogP contribution in [-0.4, -0.2) is 18.9 Å². The van der Waals surface area contributed by atoms with Crippen molar-refractivity contribution in [3.63, 3.8) is 0 Å². The Hall–Kier alpha value is -1.15. The number of hydrogen-bond acceptors (Lipinski definition) is 2. The second kappa shape index (κ2) is 4.61. The zero-order chi connectivity index (χ0) is 11.7. The summed E-state index contributed by atoms with van der Waals surface area (Å²) in [5.41, 5.74) is 1.35.